The average molecular weight is 293 g/mol. The quantitative estimate of drug-likeness (QED) is 0.628. The van der Waals surface area contributed by atoms with Crippen molar-refractivity contribution in [1.82, 2.24) is 0 Å². The van der Waals surface area contributed by atoms with E-state index in [0.29, 0.717) is 0 Å². The summed E-state index contributed by atoms with van der Waals surface area (Å²) in [4.78, 5) is 0. The summed E-state index contributed by atoms with van der Waals surface area (Å²) >= 11 is 12.7. The molecule has 0 nitrogen and oxygen atoms in total. The molecule has 2 rings (SSSR count). The number of alkyl halides is 1. The molecule has 0 aliphatic heterocycles. The highest BCUT2D eigenvalue weighted by atomic mass is 35.5. The molecule has 0 aliphatic rings. The highest BCUT2D eigenvalue weighted by Gasteiger charge is 2.14. The normalized spacial score (nSPS) is 12.5. The minimum absolute atomic E-state index is 0.0166. The number of hydrogen-bond donors (Lipinski definition) is 0. The fourth-order valence-corrected chi connectivity index (χ4v) is 2.90. The van der Waals surface area contributed by atoms with Crippen LogP contribution in [-0.4, -0.2) is 0 Å². The van der Waals surface area contributed by atoms with Crippen molar-refractivity contribution in [2.45, 2.75) is 32.6 Å². The van der Waals surface area contributed by atoms with Gasteiger partial charge in [-0.25, -0.2) is 0 Å². The zero-order valence-corrected chi connectivity index (χ0v) is 13.0. The summed E-state index contributed by atoms with van der Waals surface area (Å²) in [7, 11) is 0. The average Bonchev–Trinajstić information content (AvgIpc) is 2.36. The lowest BCUT2D eigenvalue weighted by Crippen LogP contribution is -2.01. The molecule has 0 radical (unpaired) electrons. The Morgan fingerprint density at radius 2 is 1.63 bits per heavy atom. The van der Waals surface area contributed by atoms with Crippen LogP contribution in [0.25, 0.3) is 0 Å². The van der Waals surface area contributed by atoms with E-state index in [-0.39, 0.29) is 5.38 Å². The Morgan fingerprint density at radius 3 is 2.32 bits per heavy atom. The van der Waals surface area contributed by atoms with Crippen LogP contribution < -0.4 is 0 Å². The highest BCUT2D eigenvalue weighted by molar-refractivity contribution is 6.31. The molecule has 19 heavy (non-hydrogen) atoms. The molecule has 0 aromatic heterocycles. The van der Waals surface area contributed by atoms with Crippen molar-refractivity contribution < 1.29 is 0 Å². The molecule has 2 aromatic carbocycles. The maximum atomic E-state index is 6.60. The summed E-state index contributed by atoms with van der Waals surface area (Å²) in [6.07, 6.45) is 0.843. The molecule has 100 valence electrons. The van der Waals surface area contributed by atoms with Gasteiger partial charge in [0, 0.05) is 5.02 Å². The Balaban J connectivity index is 2.28. The predicted molar refractivity (Wildman–Crippen MR) is 84.4 cm³/mol. The molecule has 1 atom stereocenters. The highest BCUT2D eigenvalue weighted by Crippen LogP contribution is 2.31. The molecule has 0 spiro atoms. The van der Waals surface area contributed by atoms with Crippen molar-refractivity contribution in [2.24, 2.45) is 0 Å². The van der Waals surface area contributed by atoms with Crippen molar-refractivity contribution in [3.05, 3.63) is 69.2 Å². The second kappa shape index (κ2) is 5.98. The van der Waals surface area contributed by atoms with Gasteiger partial charge in [-0.2, -0.15) is 0 Å². The molecule has 0 N–H and O–H groups in total. The summed E-state index contributed by atoms with van der Waals surface area (Å²) in [6.45, 7) is 6.20. The fraction of sp³-hybridized carbons (Fsp3) is 0.294. The maximum Gasteiger partial charge on any atom is 0.0628 e. The third-order valence-corrected chi connectivity index (χ3v) is 4.34. The Morgan fingerprint density at radius 1 is 0.947 bits per heavy atom. The van der Waals surface area contributed by atoms with Gasteiger partial charge in [0.25, 0.3) is 0 Å². The summed E-state index contributed by atoms with van der Waals surface area (Å²) in [5, 5.41) is 0.790. The van der Waals surface area contributed by atoms with E-state index in [1.807, 2.05) is 13.0 Å². The van der Waals surface area contributed by atoms with Gasteiger partial charge in [0.2, 0.25) is 0 Å². The van der Waals surface area contributed by atoms with E-state index < -0.39 is 0 Å². The Kier molecular flexibility index (Phi) is 4.54. The predicted octanol–water partition coefficient (Wildman–Crippen LogP) is 5.79. The lowest BCUT2D eigenvalue weighted by atomic mass is 9.96. The van der Waals surface area contributed by atoms with Crippen LogP contribution in [0, 0.1) is 20.8 Å². The first-order chi connectivity index (χ1) is 8.99. The minimum atomic E-state index is -0.0166. The third-order valence-electron chi connectivity index (χ3n) is 3.55. The zero-order valence-electron chi connectivity index (χ0n) is 11.5. The van der Waals surface area contributed by atoms with Gasteiger partial charge in [0.1, 0.15) is 0 Å². The first kappa shape index (κ1) is 14.4. The van der Waals surface area contributed by atoms with Crippen LogP contribution >= 0.6 is 23.2 Å². The second-order valence-electron chi connectivity index (χ2n) is 5.06. The van der Waals surface area contributed by atoms with Crippen LogP contribution in [0.4, 0.5) is 0 Å². The van der Waals surface area contributed by atoms with E-state index in [2.05, 4.69) is 44.2 Å². The summed E-state index contributed by atoms with van der Waals surface area (Å²) in [5.41, 5.74) is 6.00. The monoisotopic (exact) mass is 292 g/mol. The smallest absolute Gasteiger partial charge is 0.0628 e. The van der Waals surface area contributed by atoms with Crippen molar-refractivity contribution in [3.8, 4) is 0 Å². The Labute approximate surface area is 125 Å². The van der Waals surface area contributed by atoms with Gasteiger partial charge >= 0.3 is 0 Å². The largest absolute Gasteiger partial charge is 0.117 e. The van der Waals surface area contributed by atoms with E-state index in [0.717, 1.165) is 22.6 Å². The van der Waals surface area contributed by atoms with Gasteiger partial charge in [-0.05, 0) is 61.1 Å². The van der Waals surface area contributed by atoms with E-state index in [1.54, 1.807) is 0 Å². The number of benzene rings is 2. The third kappa shape index (κ3) is 3.32. The van der Waals surface area contributed by atoms with Crippen molar-refractivity contribution in [1.29, 1.82) is 0 Å². The Bertz CT molecular complexity index is 588. The van der Waals surface area contributed by atoms with Crippen LogP contribution in [0.3, 0.4) is 0 Å². The molecule has 2 aromatic rings. The SMILES string of the molecule is Cc1cc(C(Cl)Cc2ccccc2C)c(C)cc1Cl. The topological polar surface area (TPSA) is 0 Å². The minimum Gasteiger partial charge on any atom is -0.117 e. The van der Waals surface area contributed by atoms with Crippen LogP contribution in [0.1, 0.15) is 33.2 Å². The van der Waals surface area contributed by atoms with Gasteiger partial charge in [-0.1, -0.05) is 41.9 Å². The van der Waals surface area contributed by atoms with E-state index in [4.69, 9.17) is 23.2 Å². The van der Waals surface area contributed by atoms with Crippen LogP contribution in [0.2, 0.25) is 5.02 Å². The second-order valence-corrected chi connectivity index (χ2v) is 5.99. The zero-order chi connectivity index (χ0) is 14.0. The van der Waals surface area contributed by atoms with Gasteiger partial charge < -0.3 is 0 Å². The van der Waals surface area contributed by atoms with Crippen LogP contribution in [0.15, 0.2) is 36.4 Å². The summed E-state index contributed by atoms with van der Waals surface area (Å²) in [5.74, 6) is 0. The first-order valence-electron chi connectivity index (χ1n) is 6.44. The summed E-state index contributed by atoms with van der Waals surface area (Å²) < 4.78 is 0. The number of halogens is 2. The molecule has 2 heteroatoms. The fourth-order valence-electron chi connectivity index (χ4n) is 2.28. The molecular weight excluding hydrogens is 275 g/mol. The molecule has 0 saturated carbocycles. The standard InChI is InChI=1S/C17H18Cl2/c1-11-6-4-5-7-14(11)10-17(19)15-8-13(3)16(18)9-12(15)2/h4-9,17H,10H2,1-3H3. The van der Waals surface area contributed by atoms with E-state index in [1.165, 1.54) is 16.7 Å². The van der Waals surface area contributed by atoms with Crippen LogP contribution in [-0.2, 0) is 6.42 Å². The molecule has 0 fully saturated rings. The molecule has 0 bridgehead atoms. The maximum absolute atomic E-state index is 6.60. The van der Waals surface area contributed by atoms with Gasteiger partial charge in [-0.15, -0.1) is 11.6 Å². The van der Waals surface area contributed by atoms with Crippen LogP contribution in [0.5, 0.6) is 0 Å². The number of aryl methyl sites for hydroxylation is 3. The van der Waals surface area contributed by atoms with Gasteiger partial charge in [-0.3, -0.25) is 0 Å². The molecular formula is C17H18Cl2. The Hall–Kier alpha value is -0.980. The summed E-state index contributed by atoms with van der Waals surface area (Å²) in [6, 6.07) is 12.5. The van der Waals surface area contributed by atoms with Crippen molar-refractivity contribution in [3.63, 3.8) is 0 Å². The molecule has 0 amide bonds. The van der Waals surface area contributed by atoms with Crippen molar-refractivity contribution >= 4 is 23.2 Å². The first-order valence-corrected chi connectivity index (χ1v) is 7.25. The molecule has 0 aliphatic carbocycles. The lowest BCUT2D eigenvalue weighted by Gasteiger charge is -2.16. The number of rotatable bonds is 3. The van der Waals surface area contributed by atoms with Gasteiger partial charge in [0.15, 0.2) is 0 Å². The van der Waals surface area contributed by atoms with E-state index in [9.17, 15) is 0 Å². The number of hydrogen-bond acceptors (Lipinski definition) is 0. The molecule has 1 unspecified atom stereocenters. The van der Waals surface area contributed by atoms with E-state index >= 15 is 0 Å². The van der Waals surface area contributed by atoms with Crippen molar-refractivity contribution in [2.75, 3.05) is 0 Å². The van der Waals surface area contributed by atoms with Gasteiger partial charge in [0.05, 0.1) is 5.38 Å². The lowest BCUT2D eigenvalue weighted by molar-refractivity contribution is 0.900. The molecule has 0 saturated heterocycles. The molecule has 0 heterocycles.